The van der Waals surface area contributed by atoms with Crippen LogP contribution >= 0.6 is 11.3 Å². The van der Waals surface area contributed by atoms with E-state index in [0.717, 1.165) is 26.9 Å². The monoisotopic (exact) mass is 388 g/mol. The van der Waals surface area contributed by atoms with Crippen molar-refractivity contribution in [2.75, 3.05) is 53.1 Å². The predicted octanol–water partition coefficient (Wildman–Crippen LogP) is 2.34. The number of amides is 2. The molecule has 7 heteroatoms. The van der Waals surface area contributed by atoms with Crippen LogP contribution in [0.2, 0.25) is 0 Å². The van der Waals surface area contributed by atoms with Crippen LogP contribution in [0.3, 0.4) is 0 Å². The van der Waals surface area contributed by atoms with Crippen molar-refractivity contribution in [1.82, 2.24) is 9.80 Å². The fraction of sp³-hybridized carbons (Fsp3) is 0.500. The molecule has 0 aliphatic carbocycles. The van der Waals surface area contributed by atoms with Crippen LogP contribution in [0.4, 0.5) is 0 Å². The molecule has 27 heavy (non-hydrogen) atoms. The summed E-state index contributed by atoms with van der Waals surface area (Å²) in [5, 5.41) is 1.14. The number of ether oxygens (including phenoxy) is 2. The smallest absolute Gasteiger partial charge is 0.264 e. The number of carbonyl (C=O) groups is 2. The highest BCUT2D eigenvalue weighted by molar-refractivity contribution is 7.21. The van der Waals surface area contributed by atoms with E-state index in [9.17, 15) is 9.59 Å². The molecule has 0 radical (unpaired) electrons. The van der Waals surface area contributed by atoms with Gasteiger partial charge in [0.25, 0.3) is 5.91 Å². The quantitative estimate of drug-likeness (QED) is 0.807. The second-order valence-electron chi connectivity index (χ2n) is 7.00. The van der Waals surface area contributed by atoms with Crippen molar-refractivity contribution in [3.8, 4) is 0 Å². The number of nitrogens with zero attached hydrogens (tertiary/aromatic N) is 2. The van der Waals surface area contributed by atoms with E-state index < -0.39 is 0 Å². The van der Waals surface area contributed by atoms with Gasteiger partial charge >= 0.3 is 0 Å². The topological polar surface area (TPSA) is 59.1 Å². The van der Waals surface area contributed by atoms with E-state index in [4.69, 9.17) is 9.47 Å². The van der Waals surface area contributed by atoms with Gasteiger partial charge < -0.3 is 19.3 Å². The van der Waals surface area contributed by atoms with E-state index in [0.29, 0.717) is 39.4 Å². The van der Waals surface area contributed by atoms with Crippen LogP contribution in [0.5, 0.6) is 0 Å². The lowest BCUT2D eigenvalue weighted by Crippen LogP contribution is -2.40. The van der Waals surface area contributed by atoms with E-state index in [1.165, 1.54) is 7.11 Å². The van der Waals surface area contributed by atoms with Gasteiger partial charge in [-0.3, -0.25) is 9.59 Å². The molecule has 1 atom stereocenters. The maximum absolute atomic E-state index is 13.2. The summed E-state index contributed by atoms with van der Waals surface area (Å²) in [6.45, 7) is 3.92. The van der Waals surface area contributed by atoms with Crippen molar-refractivity contribution in [2.45, 2.75) is 12.3 Å². The van der Waals surface area contributed by atoms with Crippen molar-refractivity contribution in [3.63, 3.8) is 0 Å². The molecule has 2 fully saturated rings. The Balaban J connectivity index is 1.67. The standard InChI is InChI=1S/C20H24N2O4S/c1-25-13-17(23)22-7-6-14(12-22)18-15-4-2-3-5-16(15)27-19(18)20(24)21-8-10-26-11-9-21/h2-5,14H,6-13H2,1H3/t14-/m0/s1. The number of methoxy groups -OCH3 is 1. The summed E-state index contributed by atoms with van der Waals surface area (Å²) >= 11 is 1.57. The van der Waals surface area contributed by atoms with Crippen LogP contribution in [0.1, 0.15) is 27.6 Å². The summed E-state index contributed by atoms with van der Waals surface area (Å²) in [6, 6.07) is 8.19. The first-order valence-electron chi connectivity index (χ1n) is 9.34. The Morgan fingerprint density at radius 1 is 1.19 bits per heavy atom. The molecule has 6 nitrogen and oxygen atoms in total. The Bertz CT molecular complexity index is 844. The first kappa shape index (κ1) is 18.4. The third kappa shape index (κ3) is 3.59. The number of thiophene rings is 1. The largest absolute Gasteiger partial charge is 0.378 e. The van der Waals surface area contributed by atoms with Gasteiger partial charge in [0.1, 0.15) is 6.61 Å². The lowest BCUT2D eigenvalue weighted by molar-refractivity contribution is -0.134. The average Bonchev–Trinajstić information content (AvgIpc) is 3.33. The third-order valence-electron chi connectivity index (χ3n) is 5.34. The summed E-state index contributed by atoms with van der Waals surface area (Å²) < 4.78 is 11.5. The number of rotatable bonds is 4. The molecule has 2 amide bonds. The number of likely N-dealkylation sites (tertiary alicyclic amines) is 1. The Hall–Kier alpha value is -1.96. The maximum Gasteiger partial charge on any atom is 0.264 e. The number of morpholine rings is 1. The minimum absolute atomic E-state index is 0.0144. The molecule has 4 rings (SSSR count). The minimum Gasteiger partial charge on any atom is -0.378 e. The molecule has 0 unspecified atom stereocenters. The number of fused-ring (bicyclic) bond motifs is 1. The molecule has 2 aromatic rings. The Morgan fingerprint density at radius 3 is 2.74 bits per heavy atom. The average molecular weight is 388 g/mol. The highest BCUT2D eigenvalue weighted by Gasteiger charge is 2.33. The van der Waals surface area contributed by atoms with Gasteiger partial charge in [-0.05, 0) is 23.4 Å². The van der Waals surface area contributed by atoms with Crippen molar-refractivity contribution in [3.05, 3.63) is 34.7 Å². The lowest BCUT2D eigenvalue weighted by atomic mass is 9.94. The molecule has 2 aliphatic heterocycles. The molecule has 1 aromatic heterocycles. The molecular weight excluding hydrogens is 364 g/mol. The second-order valence-corrected chi connectivity index (χ2v) is 8.06. The zero-order valence-electron chi connectivity index (χ0n) is 15.5. The molecule has 0 spiro atoms. The van der Waals surface area contributed by atoms with Gasteiger partial charge in [0.15, 0.2) is 0 Å². The summed E-state index contributed by atoms with van der Waals surface area (Å²) in [7, 11) is 1.54. The summed E-state index contributed by atoms with van der Waals surface area (Å²) in [4.78, 5) is 30.0. The fourth-order valence-electron chi connectivity index (χ4n) is 3.98. The van der Waals surface area contributed by atoms with Gasteiger partial charge in [-0.1, -0.05) is 18.2 Å². The molecule has 144 valence electrons. The molecule has 0 bridgehead atoms. The van der Waals surface area contributed by atoms with Crippen molar-refractivity contribution >= 4 is 33.2 Å². The van der Waals surface area contributed by atoms with E-state index >= 15 is 0 Å². The lowest BCUT2D eigenvalue weighted by Gasteiger charge is -2.27. The summed E-state index contributed by atoms with van der Waals surface area (Å²) in [6.07, 6.45) is 0.875. The van der Waals surface area contributed by atoms with Crippen molar-refractivity contribution in [1.29, 1.82) is 0 Å². The Labute approximate surface area is 162 Å². The number of hydrogen-bond donors (Lipinski definition) is 0. The van der Waals surface area contributed by atoms with Crippen LogP contribution in [-0.2, 0) is 14.3 Å². The van der Waals surface area contributed by atoms with Crippen LogP contribution < -0.4 is 0 Å². The zero-order chi connectivity index (χ0) is 18.8. The van der Waals surface area contributed by atoms with Crippen molar-refractivity contribution in [2.24, 2.45) is 0 Å². The van der Waals surface area contributed by atoms with Gasteiger partial charge in [0.05, 0.1) is 18.1 Å². The maximum atomic E-state index is 13.2. The number of benzene rings is 1. The Morgan fingerprint density at radius 2 is 1.96 bits per heavy atom. The molecule has 0 N–H and O–H groups in total. The molecule has 2 saturated heterocycles. The van der Waals surface area contributed by atoms with E-state index in [1.807, 2.05) is 21.9 Å². The van der Waals surface area contributed by atoms with E-state index in [2.05, 4.69) is 12.1 Å². The van der Waals surface area contributed by atoms with Gasteiger partial charge in [-0.2, -0.15) is 0 Å². The van der Waals surface area contributed by atoms with E-state index in [-0.39, 0.29) is 24.3 Å². The molecular formula is C20H24N2O4S. The van der Waals surface area contributed by atoms with E-state index in [1.54, 1.807) is 11.3 Å². The fourth-order valence-corrected chi connectivity index (χ4v) is 5.23. The molecule has 3 heterocycles. The van der Waals surface area contributed by atoms with Gasteiger partial charge in [-0.25, -0.2) is 0 Å². The normalized spacial score (nSPS) is 20.4. The van der Waals surface area contributed by atoms with Crippen LogP contribution in [0.25, 0.3) is 10.1 Å². The SMILES string of the molecule is COCC(=O)N1CC[C@H](c2c(C(=O)N3CCOCC3)sc3ccccc23)C1. The first-order chi connectivity index (χ1) is 13.2. The molecule has 1 aromatic carbocycles. The van der Waals surface area contributed by atoms with Crippen LogP contribution in [-0.4, -0.2) is 74.7 Å². The third-order valence-corrected chi connectivity index (χ3v) is 6.52. The van der Waals surface area contributed by atoms with Crippen molar-refractivity contribution < 1.29 is 19.1 Å². The highest BCUT2D eigenvalue weighted by Crippen LogP contribution is 2.40. The summed E-state index contributed by atoms with van der Waals surface area (Å²) in [5.41, 5.74) is 1.11. The van der Waals surface area contributed by atoms with Crippen LogP contribution in [0.15, 0.2) is 24.3 Å². The molecule has 0 saturated carbocycles. The van der Waals surface area contributed by atoms with Crippen LogP contribution in [0, 0.1) is 0 Å². The second kappa shape index (κ2) is 7.96. The van der Waals surface area contributed by atoms with Gasteiger partial charge in [0.2, 0.25) is 5.91 Å². The molecule has 2 aliphatic rings. The first-order valence-corrected chi connectivity index (χ1v) is 10.2. The summed E-state index contributed by atoms with van der Waals surface area (Å²) in [5.74, 6) is 0.290. The van der Waals surface area contributed by atoms with Gasteiger partial charge in [0, 0.05) is 43.9 Å². The number of carbonyl (C=O) groups excluding carboxylic acids is 2. The predicted molar refractivity (Wildman–Crippen MR) is 104 cm³/mol. The number of hydrogen-bond acceptors (Lipinski definition) is 5. The minimum atomic E-state index is 0.0144. The zero-order valence-corrected chi connectivity index (χ0v) is 16.3. The highest BCUT2D eigenvalue weighted by atomic mass is 32.1. The van der Waals surface area contributed by atoms with Gasteiger partial charge in [-0.15, -0.1) is 11.3 Å². The Kier molecular flexibility index (Phi) is 5.43.